The zero-order valence-corrected chi connectivity index (χ0v) is 15.9. The standard InChI is InChI=1S/C19H24F2N2O3.ClH/c20-19(21)10-14(22-12-19)17(24)23-11-18(5-1-2-6-18)13-3-4-15-16(9-13)26-8-7-25-15;/h3-4,9,14,22H,1-2,5-8,10-12H2,(H,23,24);1H. The maximum atomic E-state index is 13.3. The van der Waals surface area contributed by atoms with Gasteiger partial charge in [-0.3, -0.25) is 10.1 Å². The van der Waals surface area contributed by atoms with Crippen molar-refractivity contribution in [1.29, 1.82) is 0 Å². The van der Waals surface area contributed by atoms with E-state index in [-0.39, 0.29) is 23.7 Å². The molecule has 3 aliphatic rings. The van der Waals surface area contributed by atoms with Crippen LogP contribution in [0.4, 0.5) is 8.78 Å². The van der Waals surface area contributed by atoms with Crippen molar-refractivity contribution in [2.24, 2.45) is 0 Å². The molecule has 0 spiro atoms. The fraction of sp³-hybridized carbons (Fsp3) is 0.632. The largest absolute Gasteiger partial charge is 0.486 e. The van der Waals surface area contributed by atoms with Crippen molar-refractivity contribution in [3.63, 3.8) is 0 Å². The molecule has 1 aromatic carbocycles. The summed E-state index contributed by atoms with van der Waals surface area (Å²) < 4.78 is 37.9. The van der Waals surface area contributed by atoms with Crippen LogP contribution in [0.3, 0.4) is 0 Å². The van der Waals surface area contributed by atoms with Crippen LogP contribution in [0.1, 0.15) is 37.7 Å². The molecule has 0 bridgehead atoms. The molecule has 5 nitrogen and oxygen atoms in total. The van der Waals surface area contributed by atoms with Crippen molar-refractivity contribution in [3.05, 3.63) is 23.8 Å². The van der Waals surface area contributed by atoms with Crippen molar-refractivity contribution >= 4 is 18.3 Å². The number of alkyl halides is 2. The van der Waals surface area contributed by atoms with E-state index in [2.05, 4.69) is 10.6 Å². The van der Waals surface area contributed by atoms with Crippen molar-refractivity contribution in [2.45, 2.75) is 49.5 Å². The van der Waals surface area contributed by atoms with E-state index >= 15 is 0 Å². The summed E-state index contributed by atoms with van der Waals surface area (Å²) in [6.45, 7) is 1.10. The molecule has 8 heteroatoms. The number of halogens is 3. The molecule has 150 valence electrons. The van der Waals surface area contributed by atoms with E-state index in [1.54, 1.807) is 0 Å². The van der Waals surface area contributed by atoms with Gasteiger partial charge < -0.3 is 14.8 Å². The van der Waals surface area contributed by atoms with Gasteiger partial charge in [0.25, 0.3) is 5.92 Å². The topological polar surface area (TPSA) is 59.6 Å². The Morgan fingerprint density at radius 1 is 1.19 bits per heavy atom. The summed E-state index contributed by atoms with van der Waals surface area (Å²) in [5.41, 5.74) is 0.941. The summed E-state index contributed by atoms with van der Waals surface area (Å²) >= 11 is 0. The fourth-order valence-electron chi connectivity index (χ4n) is 4.27. The van der Waals surface area contributed by atoms with Crippen LogP contribution in [0.5, 0.6) is 11.5 Å². The quantitative estimate of drug-likeness (QED) is 0.813. The summed E-state index contributed by atoms with van der Waals surface area (Å²) in [5.74, 6) is -1.66. The minimum Gasteiger partial charge on any atom is -0.486 e. The molecule has 1 atom stereocenters. The molecule has 1 saturated carbocycles. The van der Waals surface area contributed by atoms with E-state index in [9.17, 15) is 13.6 Å². The van der Waals surface area contributed by atoms with Gasteiger partial charge in [0.15, 0.2) is 11.5 Å². The number of ether oxygens (including phenoxy) is 2. The third kappa shape index (κ3) is 4.14. The van der Waals surface area contributed by atoms with Crippen LogP contribution in [0.25, 0.3) is 0 Å². The smallest absolute Gasteiger partial charge is 0.262 e. The van der Waals surface area contributed by atoms with Crippen molar-refractivity contribution in [3.8, 4) is 11.5 Å². The Kier molecular flexibility index (Phi) is 5.82. The van der Waals surface area contributed by atoms with E-state index in [0.717, 1.165) is 42.7 Å². The highest BCUT2D eigenvalue weighted by Crippen LogP contribution is 2.44. The van der Waals surface area contributed by atoms with Gasteiger partial charge in [-0.05, 0) is 30.5 Å². The molecule has 2 N–H and O–H groups in total. The van der Waals surface area contributed by atoms with Crippen LogP contribution >= 0.6 is 12.4 Å². The lowest BCUT2D eigenvalue weighted by atomic mass is 9.78. The van der Waals surface area contributed by atoms with E-state index < -0.39 is 24.9 Å². The van der Waals surface area contributed by atoms with Crippen molar-refractivity contribution in [1.82, 2.24) is 10.6 Å². The molecule has 1 aromatic rings. The third-order valence-electron chi connectivity index (χ3n) is 5.74. The number of carbonyl (C=O) groups is 1. The molecule has 4 rings (SSSR count). The molecule has 2 heterocycles. The number of carbonyl (C=O) groups excluding carboxylic acids is 1. The number of fused-ring (bicyclic) bond motifs is 1. The molecule has 1 saturated heterocycles. The number of hydrogen-bond acceptors (Lipinski definition) is 4. The highest BCUT2D eigenvalue weighted by Gasteiger charge is 2.43. The SMILES string of the molecule is Cl.O=C(NCC1(c2ccc3c(c2)OCCO3)CCCC1)C1CC(F)(F)CN1. The first-order chi connectivity index (χ1) is 12.5. The summed E-state index contributed by atoms with van der Waals surface area (Å²) in [7, 11) is 0. The van der Waals surface area contributed by atoms with Gasteiger partial charge in [-0.1, -0.05) is 18.9 Å². The Labute approximate surface area is 163 Å². The van der Waals surface area contributed by atoms with E-state index in [4.69, 9.17) is 9.47 Å². The molecule has 1 unspecified atom stereocenters. The highest BCUT2D eigenvalue weighted by molar-refractivity contribution is 5.85. The van der Waals surface area contributed by atoms with Crippen LogP contribution < -0.4 is 20.1 Å². The van der Waals surface area contributed by atoms with E-state index in [1.165, 1.54) is 0 Å². The van der Waals surface area contributed by atoms with Crippen LogP contribution in [0, 0.1) is 0 Å². The predicted octanol–water partition coefficient (Wildman–Crippen LogP) is 2.80. The van der Waals surface area contributed by atoms with Crippen LogP contribution in [0.15, 0.2) is 18.2 Å². The number of rotatable bonds is 4. The molecule has 1 aliphatic carbocycles. The van der Waals surface area contributed by atoms with Gasteiger partial charge in [-0.15, -0.1) is 12.4 Å². The van der Waals surface area contributed by atoms with E-state index in [1.807, 2.05) is 18.2 Å². The minimum atomic E-state index is -2.80. The van der Waals surface area contributed by atoms with Gasteiger partial charge in [0.1, 0.15) is 13.2 Å². The zero-order valence-electron chi connectivity index (χ0n) is 15.1. The highest BCUT2D eigenvalue weighted by atomic mass is 35.5. The zero-order chi connectivity index (χ0) is 18.2. The van der Waals surface area contributed by atoms with Gasteiger partial charge in [-0.25, -0.2) is 8.78 Å². The molecule has 27 heavy (non-hydrogen) atoms. The first-order valence-corrected chi connectivity index (χ1v) is 9.27. The average Bonchev–Trinajstić information content (AvgIpc) is 3.26. The minimum absolute atomic E-state index is 0. The number of nitrogens with one attached hydrogen (secondary N) is 2. The van der Waals surface area contributed by atoms with Gasteiger partial charge in [0, 0.05) is 18.4 Å². The third-order valence-corrected chi connectivity index (χ3v) is 5.74. The Hall–Kier alpha value is -1.60. The normalized spacial score (nSPS) is 24.9. The second-order valence-electron chi connectivity index (χ2n) is 7.56. The second-order valence-corrected chi connectivity index (χ2v) is 7.56. The first kappa shape index (κ1) is 20.1. The lowest BCUT2D eigenvalue weighted by Gasteiger charge is -2.31. The van der Waals surface area contributed by atoms with Gasteiger partial charge in [-0.2, -0.15) is 0 Å². The molecule has 2 fully saturated rings. The molecule has 2 aliphatic heterocycles. The summed E-state index contributed by atoms with van der Waals surface area (Å²) in [6.07, 6.45) is 3.66. The van der Waals surface area contributed by atoms with Crippen LogP contribution in [-0.2, 0) is 10.2 Å². The summed E-state index contributed by atoms with van der Waals surface area (Å²) in [5, 5.41) is 5.53. The van der Waals surface area contributed by atoms with Crippen LogP contribution in [0.2, 0.25) is 0 Å². The van der Waals surface area contributed by atoms with E-state index in [0.29, 0.717) is 19.8 Å². The summed E-state index contributed by atoms with van der Waals surface area (Å²) in [6, 6.07) is 5.15. The Balaban J connectivity index is 0.00000210. The van der Waals surface area contributed by atoms with Crippen LogP contribution in [-0.4, -0.2) is 44.2 Å². The monoisotopic (exact) mass is 402 g/mol. The second kappa shape index (κ2) is 7.80. The van der Waals surface area contributed by atoms with Crippen molar-refractivity contribution < 1.29 is 23.0 Å². The predicted molar refractivity (Wildman–Crippen MR) is 99.2 cm³/mol. The van der Waals surface area contributed by atoms with Crippen molar-refractivity contribution in [2.75, 3.05) is 26.3 Å². The first-order valence-electron chi connectivity index (χ1n) is 9.27. The molecule has 0 radical (unpaired) electrons. The number of amides is 1. The molecular weight excluding hydrogens is 378 g/mol. The summed E-state index contributed by atoms with van der Waals surface area (Å²) in [4.78, 5) is 12.3. The maximum absolute atomic E-state index is 13.3. The Morgan fingerprint density at radius 3 is 2.56 bits per heavy atom. The van der Waals surface area contributed by atoms with Gasteiger partial charge in [0.05, 0.1) is 12.6 Å². The van der Waals surface area contributed by atoms with Gasteiger partial charge in [0.2, 0.25) is 5.91 Å². The number of benzene rings is 1. The maximum Gasteiger partial charge on any atom is 0.262 e. The lowest BCUT2D eigenvalue weighted by molar-refractivity contribution is -0.123. The number of hydrogen-bond donors (Lipinski definition) is 2. The Bertz CT molecular complexity index is 696. The fourth-order valence-corrected chi connectivity index (χ4v) is 4.27. The lowest BCUT2D eigenvalue weighted by Crippen LogP contribution is -2.46. The average molecular weight is 403 g/mol. The molecule has 1 amide bonds. The molecular formula is C19H25ClF2N2O3. The Morgan fingerprint density at radius 2 is 1.89 bits per heavy atom. The molecule has 0 aromatic heterocycles. The van der Waals surface area contributed by atoms with Gasteiger partial charge >= 0.3 is 0 Å².